The lowest BCUT2D eigenvalue weighted by Gasteiger charge is -2.44. The molecule has 0 unspecified atom stereocenters. The molecule has 0 saturated carbocycles. The minimum atomic E-state index is -0.0611. The number of piperidine rings is 1. The zero-order valence-electron chi connectivity index (χ0n) is 15.8. The Morgan fingerprint density at radius 1 is 1.31 bits per heavy atom. The van der Waals surface area contributed by atoms with E-state index < -0.39 is 0 Å². The van der Waals surface area contributed by atoms with E-state index in [1.165, 1.54) is 22.2 Å². The number of likely N-dealkylation sites (tertiary alicyclic amines) is 1. The van der Waals surface area contributed by atoms with E-state index in [0.29, 0.717) is 0 Å². The number of urea groups is 1. The number of aromatic nitrogens is 1. The third-order valence-electron chi connectivity index (χ3n) is 5.75. The van der Waals surface area contributed by atoms with Gasteiger partial charge in [0.1, 0.15) is 5.75 Å². The summed E-state index contributed by atoms with van der Waals surface area (Å²) in [6.45, 7) is 6.50. The Morgan fingerprint density at radius 2 is 2.08 bits per heavy atom. The zero-order valence-corrected chi connectivity index (χ0v) is 15.8. The van der Waals surface area contributed by atoms with Gasteiger partial charge in [0.25, 0.3) is 0 Å². The fraction of sp³-hybridized carbons (Fsp3) is 0.550. The van der Waals surface area contributed by atoms with Crippen molar-refractivity contribution in [3.05, 3.63) is 29.5 Å². The number of aromatic amines is 1. The predicted molar refractivity (Wildman–Crippen MR) is 103 cm³/mol. The normalized spacial score (nSPS) is 19.0. The molecule has 1 aromatic heterocycles. The van der Waals surface area contributed by atoms with E-state index in [9.17, 15) is 4.79 Å². The largest absolute Gasteiger partial charge is 0.497 e. The smallest absolute Gasteiger partial charge is 0.317 e. The second-order valence-corrected chi connectivity index (χ2v) is 7.74. The van der Waals surface area contributed by atoms with Crippen molar-refractivity contribution in [3.63, 3.8) is 0 Å². The second-order valence-electron chi connectivity index (χ2n) is 7.74. The molecule has 1 saturated heterocycles. The number of methoxy groups -OCH3 is 1. The predicted octanol–water partition coefficient (Wildman–Crippen LogP) is 2.73. The van der Waals surface area contributed by atoms with Gasteiger partial charge in [0, 0.05) is 42.3 Å². The van der Waals surface area contributed by atoms with Crippen LogP contribution in [0.2, 0.25) is 0 Å². The van der Waals surface area contributed by atoms with Crippen LogP contribution in [0, 0.1) is 0 Å². The van der Waals surface area contributed by atoms with Crippen molar-refractivity contribution < 1.29 is 9.53 Å². The molecule has 6 nitrogen and oxygen atoms in total. The van der Waals surface area contributed by atoms with Crippen molar-refractivity contribution in [1.82, 2.24) is 20.5 Å². The van der Waals surface area contributed by atoms with E-state index in [1.54, 1.807) is 7.11 Å². The molecular formula is C20H28N4O2. The summed E-state index contributed by atoms with van der Waals surface area (Å²) in [7, 11) is 1.71. The standard InChI is InChI=1S/C20H28N4O2/c1-13(2)22-19(25)24-10-7-20(8-11-24)18-15(6-9-21-20)16-12-14(26-3)4-5-17(16)23-18/h4-5,12-13,21,23H,6-11H2,1-3H3,(H,22,25). The van der Waals surface area contributed by atoms with Gasteiger partial charge in [-0.25, -0.2) is 4.79 Å². The van der Waals surface area contributed by atoms with Crippen molar-refractivity contribution in [2.75, 3.05) is 26.7 Å². The fourth-order valence-electron chi connectivity index (χ4n) is 4.39. The highest BCUT2D eigenvalue weighted by Gasteiger charge is 2.42. The molecule has 3 heterocycles. The highest BCUT2D eigenvalue weighted by atomic mass is 16.5. The Labute approximate surface area is 154 Å². The minimum Gasteiger partial charge on any atom is -0.497 e. The maximum absolute atomic E-state index is 12.3. The van der Waals surface area contributed by atoms with Gasteiger partial charge in [-0.2, -0.15) is 0 Å². The average Bonchev–Trinajstić information content (AvgIpc) is 3.01. The number of H-pyrrole nitrogens is 1. The highest BCUT2D eigenvalue weighted by molar-refractivity contribution is 5.87. The lowest BCUT2D eigenvalue weighted by atomic mass is 9.79. The molecule has 26 heavy (non-hydrogen) atoms. The van der Waals surface area contributed by atoms with E-state index in [4.69, 9.17) is 4.74 Å². The average molecular weight is 356 g/mol. The lowest BCUT2D eigenvalue weighted by Crippen LogP contribution is -2.56. The van der Waals surface area contributed by atoms with E-state index in [0.717, 1.165) is 44.6 Å². The van der Waals surface area contributed by atoms with Crippen molar-refractivity contribution >= 4 is 16.9 Å². The Kier molecular flexibility index (Phi) is 4.31. The molecule has 1 spiro atoms. The number of hydrogen-bond acceptors (Lipinski definition) is 3. The number of hydrogen-bond donors (Lipinski definition) is 3. The Morgan fingerprint density at radius 3 is 2.77 bits per heavy atom. The van der Waals surface area contributed by atoms with Crippen LogP contribution < -0.4 is 15.4 Å². The van der Waals surface area contributed by atoms with E-state index in [-0.39, 0.29) is 17.6 Å². The topological polar surface area (TPSA) is 69.4 Å². The van der Waals surface area contributed by atoms with Gasteiger partial charge < -0.3 is 25.3 Å². The van der Waals surface area contributed by atoms with Gasteiger partial charge in [-0.05, 0) is 56.9 Å². The first-order chi connectivity index (χ1) is 12.5. The second kappa shape index (κ2) is 6.50. The van der Waals surface area contributed by atoms with Gasteiger partial charge >= 0.3 is 6.03 Å². The first kappa shape index (κ1) is 17.2. The summed E-state index contributed by atoms with van der Waals surface area (Å²) in [5.74, 6) is 0.895. The number of benzene rings is 1. The molecule has 3 N–H and O–H groups in total. The number of carbonyl (C=O) groups is 1. The summed E-state index contributed by atoms with van der Waals surface area (Å²) in [4.78, 5) is 17.9. The first-order valence-electron chi connectivity index (χ1n) is 9.52. The van der Waals surface area contributed by atoms with Gasteiger partial charge in [0.2, 0.25) is 0 Å². The third kappa shape index (κ3) is 2.82. The van der Waals surface area contributed by atoms with E-state index in [1.807, 2.05) is 24.8 Å². The number of nitrogens with zero attached hydrogens (tertiary/aromatic N) is 1. The van der Waals surface area contributed by atoms with Crippen LogP contribution >= 0.6 is 0 Å². The number of nitrogens with one attached hydrogen (secondary N) is 3. The number of carbonyl (C=O) groups excluding carboxylic acids is 1. The SMILES string of the molecule is COc1ccc2[nH]c3c(c2c1)CCNC31CCN(C(=O)NC(C)C)CC1. The van der Waals surface area contributed by atoms with Crippen LogP contribution in [-0.4, -0.2) is 48.7 Å². The molecule has 6 heteroatoms. The molecule has 2 amide bonds. The Hall–Kier alpha value is -2.21. The number of rotatable bonds is 2. The monoisotopic (exact) mass is 356 g/mol. The molecule has 2 aliphatic heterocycles. The summed E-state index contributed by atoms with van der Waals surface area (Å²) in [6, 6.07) is 6.46. The van der Waals surface area contributed by atoms with Gasteiger partial charge in [-0.15, -0.1) is 0 Å². The molecule has 4 rings (SSSR count). The van der Waals surface area contributed by atoms with Crippen LogP contribution in [0.1, 0.15) is 37.9 Å². The molecule has 0 atom stereocenters. The zero-order chi connectivity index (χ0) is 18.3. The maximum Gasteiger partial charge on any atom is 0.317 e. The van der Waals surface area contributed by atoms with Crippen LogP contribution in [0.4, 0.5) is 4.79 Å². The van der Waals surface area contributed by atoms with Gasteiger partial charge in [-0.3, -0.25) is 0 Å². The van der Waals surface area contributed by atoms with Crippen molar-refractivity contribution in [1.29, 1.82) is 0 Å². The summed E-state index contributed by atoms with van der Waals surface area (Å²) in [6.07, 6.45) is 2.87. The molecule has 0 bridgehead atoms. The number of fused-ring (bicyclic) bond motifs is 4. The summed E-state index contributed by atoms with van der Waals surface area (Å²) in [5.41, 5.74) is 3.81. The van der Waals surface area contributed by atoms with Crippen LogP contribution in [0.25, 0.3) is 10.9 Å². The molecular weight excluding hydrogens is 328 g/mol. The molecule has 0 aliphatic carbocycles. The molecule has 0 radical (unpaired) electrons. The van der Waals surface area contributed by atoms with Crippen LogP contribution in [-0.2, 0) is 12.0 Å². The molecule has 2 aliphatic rings. The van der Waals surface area contributed by atoms with Gasteiger partial charge in [0.05, 0.1) is 12.6 Å². The molecule has 1 aromatic carbocycles. The molecule has 2 aromatic rings. The van der Waals surface area contributed by atoms with Gasteiger partial charge in [-0.1, -0.05) is 0 Å². The van der Waals surface area contributed by atoms with Crippen molar-refractivity contribution in [2.24, 2.45) is 0 Å². The lowest BCUT2D eigenvalue weighted by molar-refractivity contribution is 0.133. The van der Waals surface area contributed by atoms with Crippen molar-refractivity contribution in [2.45, 2.75) is 44.7 Å². The van der Waals surface area contributed by atoms with Crippen LogP contribution in [0.3, 0.4) is 0 Å². The highest BCUT2D eigenvalue weighted by Crippen LogP contribution is 2.40. The van der Waals surface area contributed by atoms with Gasteiger partial charge in [0.15, 0.2) is 0 Å². The van der Waals surface area contributed by atoms with E-state index in [2.05, 4.69) is 27.8 Å². The molecule has 1 fully saturated rings. The van der Waals surface area contributed by atoms with Crippen LogP contribution in [0.15, 0.2) is 18.2 Å². The third-order valence-corrected chi connectivity index (χ3v) is 5.75. The summed E-state index contributed by atoms with van der Waals surface area (Å²) >= 11 is 0. The van der Waals surface area contributed by atoms with E-state index >= 15 is 0 Å². The first-order valence-corrected chi connectivity index (χ1v) is 9.52. The Balaban J connectivity index is 1.61. The van der Waals surface area contributed by atoms with Crippen LogP contribution in [0.5, 0.6) is 5.75 Å². The summed E-state index contributed by atoms with van der Waals surface area (Å²) < 4.78 is 5.41. The fourth-order valence-corrected chi connectivity index (χ4v) is 4.39. The molecule has 140 valence electrons. The van der Waals surface area contributed by atoms with Crippen molar-refractivity contribution in [3.8, 4) is 5.75 Å². The maximum atomic E-state index is 12.3. The number of ether oxygens (including phenoxy) is 1. The minimum absolute atomic E-state index is 0.0484. The Bertz CT molecular complexity index is 819. The number of amides is 2. The summed E-state index contributed by atoms with van der Waals surface area (Å²) in [5, 5.41) is 8.03. The quantitative estimate of drug-likeness (QED) is 0.775.